The fourth-order valence-corrected chi connectivity index (χ4v) is 4.40. The van der Waals surface area contributed by atoms with Gasteiger partial charge in [-0.15, -0.1) is 0 Å². The van der Waals surface area contributed by atoms with Gasteiger partial charge in [-0.05, 0) is 50.5 Å². The van der Waals surface area contributed by atoms with Gasteiger partial charge in [0.05, 0.1) is 12.7 Å². The van der Waals surface area contributed by atoms with E-state index in [1.165, 1.54) is 24.8 Å². The van der Waals surface area contributed by atoms with Gasteiger partial charge in [0.25, 0.3) is 0 Å². The van der Waals surface area contributed by atoms with Crippen molar-refractivity contribution in [2.75, 3.05) is 18.0 Å². The summed E-state index contributed by atoms with van der Waals surface area (Å²) < 4.78 is 0. The smallest absolute Gasteiger partial charge is 0.178 e. The number of nitrogens with zero attached hydrogens (tertiary/aromatic N) is 2. The van der Waals surface area contributed by atoms with Gasteiger partial charge in [0, 0.05) is 22.8 Å². The monoisotopic (exact) mass is 356 g/mol. The number of aliphatic hydroxyl groups is 1. The average Bonchev–Trinajstić information content (AvgIpc) is 2.74. The van der Waals surface area contributed by atoms with Gasteiger partial charge in [-0.3, -0.25) is 4.90 Å². The standard InChI is InChI=1S/C21H25ClN2O/c1-16-6-12-19(13-7-16)24-20-5-3-2-4-14-23(20)15-21(24,25)17-8-10-18(22)11-9-17/h6-13,20,25H,2-5,14-15H2,1H3/t20-,21-/m0/s1. The SMILES string of the molecule is Cc1ccc(N2[C@H]3CCCCCN3C[C@]2(O)c2ccc(Cl)cc2)cc1. The van der Waals surface area contributed by atoms with Crippen molar-refractivity contribution in [2.45, 2.75) is 44.5 Å². The van der Waals surface area contributed by atoms with E-state index in [4.69, 9.17) is 11.6 Å². The lowest BCUT2D eigenvalue weighted by molar-refractivity contribution is 0.0476. The summed E-state index contributed by atoms with van der Waals surface area (Å²) >= 11 is 6.07. The van der Waals surface area contributed by atoms with Crippen LogP contribution in [0.2, 0.25) is 5.02 Å². The number of rotatable bonds is 2. The highest BCUT2D eigenvalue weighted by Crippen LogP contribution is 2.43. The van der Waals surface area contributed by atoms with E-state index in [1.807, 2.05) is 24.3 Å². The Morgan fingerprint density at radius 3 is 2.44 bits per heavy atom. The molecule has 2 aromatic carbocycles. The van der Waals surface area contributed by atoms with Crippen LogP contribution >= 0.6 is 11.6 Å². The summed E-state index contributed by atoms with van der Waals surface area (Å²) in [4.78, 5) is 4.67. The number of hydrogen-bond donors (Lipinski definition) is 1. The maximum atomic E-state index is 11.8. The molecule has 2 heterocycles. The molecule has 0 aliphatic carbocycles. The fourth-order valence-electron chi connectivity index (χ4n) is 4.27. The zero-order chi connectivity index (χ0) is 17.4. The molecular formula is C21H25ClN2O. The number of hydrogen-bond acceptors (Lipinski definition) is 3. The quantitative estimate of drug-likeness (QED) is 0.857. The number of anilines is 1. The summed E-state index contributed by atoms with van der Waals surface area (Å²) in [5, 5.41) is 12.5. The lowest BCUT2D eigenvalue weighted by atomic mass is 10.0. The molecule has 132 valence electrons. The third-order valence-corrected chi connectivity index (χ3v) is 5.82. The van der Waals surface area contributed by atoms with Crippen molar-refractivity contribution < 1.29 is 5.11 Å². The second kappa shape index (κ2) is 6.64. The second-order valence-electron chi connectivity index (χ2n) is 7.33. The van der Waals surface area contributed by atoms with Crippen molar-refractivity contribution in [1.82, 2.24) is 4.90 Å². The van der Waals surface area contributed by atoms with E-state index in [9.17, 15) is 5.11 Å². The Bertz CT molecular complexity index is 731. The Labute approximate surface area is 154 Å². The Morgan fingerprint density at radius 1 is 1.00 bits per heavy atom. The minimum Gasteiger partial charge on any atom is -0.366 e. The van der Waals surface area contributed by atoms with Crippen LogP contribution in [-0.2, 0) is 5.72 Å². The maximum absolute atomic E-state index is 11.8. The van der Waals surface area contributed by atoms with Crippen molar-refractivity contribution in [3.8, 4) is 0 Å². The zero-order valence-corrected chi connectivity index (χ0v) is 15.4. The van der Waals surface area contributed by atoms with E-state index in [1.54, 1.807) is 0 Å². The third-order valence-electron chi connectivity index (χ3n) is 5.57. The highest BCUT2D eigenvalue weighted by molar-refractivity contribution is 6.30. The summed E-state index contributed by atoms with van der Waals surface area (Å²) in [7, 11) is 0. The van der Waals surface area contributed by atoms with Gasteiger partial charge in [0.15, 0.2) is 5.72 Å². The average molecular weight is 357 g/mol. The lowest BCUT2D eigenvalue weighted by Crippen LogP contribution is -2.47. The van der Waals surface area contributed by atoms with Crippen LogP contribution in [0.4, 0.5) is 5.69 Å². The summed E-state index contributed by atoms with van der Waals surface area (Å²) in [6, 6.07) is 16.1. The summed E-state index contributed by atoms with van der Waals surface area (Å²) in [6.07, 6.45) is 5.01. The molecule has 25 heavy (non-hydrogen) atoms. The molecule has 4 rings (SSSR count). The first-order chi connectivity index (χ1) is 12.1. The summed E-state index contributed by atoms with van der Waals surface area (Å²) in [5.74, 6) is 0. The largest absolute Gasteiger partial charge is 0.366 e. The van der Waals surface area contributed by atoms with Crippen LogP contribution in [0, 0.1) is 6.92 Å². The molecule has 0 aromatic heterocycles. The minimum atomic E-state index is -1.03. The highest BCUT2D eigenvalue weighted by Gasteiger charge is 2.50. The molecule has 2 saturated heterocycles. The molecule has 0 saturated carbocycles. The van der Waals surface area contributed by atoms with Crippen LogP contribution in [-0.4, -0.2) is 29.3 Å². The van der Waals surface area contributed by atoms with Crippen LogP contribution < -0.4 is 4.90 Å². The summed E-state index contributed by atoms with van der Waals surface area (Å²) in [6.45, 7) is 3.77. The third kappa shape index (κ3) is 3.05. The van der Waals surface area contributed by atoms with Crippen LogP contribution in [0.5, 0.6) is 0 Å². The van der Waals surface area contributed by atoms with Crippen LogP contribution in [0.3, 0.4) is 0 Å². The lowest BCUT2D eigenvalue weighted by Gasteiger charge is -2.38. The van der Waals surface area contributed by atoms with Gasteiger partial charge in [-0.2, -0.15) is 0 Å². The summed E-state index contributed by atoms with van der Waals surface area (Å²) in [5.41, 5.74) is 2.20. The van der Waals surface area contributed by atoms with Gasteiger partial charge in [0.1, 0.15) is 0 Å². The molecule has 0 unspecified atom stereocenters. The van der Waals surface area contributed by atoms with Crippen molar-refractivity contribution in [1.29, 1.82) is 0 Å². The molecule has 4 heteroatoms. The van der Waals surface area contributed by atoms with Gasteiger partial charge < -0.3 is 10.0 Å². The fraction of sp³-hybridized carbons (Fsp3) is 0.429. The topological polar surface area (TPSA) is 26.7 Å². The predicted octanol–water partition coefficient (Wildman–Crippen LogP) is 4.52. The van der Waals surface area contributed by atoms with Gasteiger partial charge in [-0.1, -0.05) is 47.9 Å². The molecule has 2 atom stereocenters. The van der Waals surface area contributed by atoms with Crippen molar-refractivity contribution in [2.24, 2.45) is 0 Å². The Morgan fingerprint density at radius 2 is 1.72 bits per heavy atom. The van der Waals surface area contributed by atoms with Crippen molar-refractivity contribution in [3.63, 3.8) is 0 Å². The molecular weight excluding hydrogens is 332 g/mol. The molecule has 0 radical (unpaired) electrons. The maximum Gasteiger partial charge on any atom is 0.178 e. The van der Waals surface area contributed by atoms with Gasteiger partial charge in [0.2, 0.25) is 0 Å². The Hall–Kier alpha value is -1.55. The predicted molar refractivity (Wildman–Crippen MR) is 103 cm³/mol. The Balaban J connectivity index is 1.80. The normalized spacial score (nSPS) is 27.2. The van der Waals surface area contributed by atoms with E-state index in [-0.39, 0.29) is 6.17 Å². The molecule has 2 aliphatic heterocycles. The molecule has 2 aliphatic rings. The molecule has 1 N–H and O–H groups in total. The number of halogens is 1. The molecule has 2 fully saturated rings. The number of benzene rings is 2. The molecule has 3 nitrogen and oxygen atoms in total. The molecule has 2 aromatic rings. The van der Waals surface area contributed by atoms with Crippen LogP contribution in [0.25, 0.3) is 0 Å². The van der Waals surface area contributed by atoms with E-state index in [2.05, 4.69) is 41.0 Å². The second-order valence-corrected chi connectivity index (χ2v) is 7.77. The zero-order valence-electron chi connectivity index (χ0n) is 14.7. The van der Waals surface area contributed by atoms with E-state index in [0.29, 0.717) is 11.6 Å². The molecule has 0 bridgehead atoms. The van der Waals surface area contributed by atoms with Gasteiger partial charge in [-0.25, -0.2) is 0 Å². The number of fused-ring (bicyclic) bond motifs is 1. The molecule has 0 spiro atoms. The van der Waals surface area contributed by atoms with E-state index >= 15 is 0 Å². The van der Waals surface area contributed by atoms with Gasteiger partial charge >= 0.3 is 0 Å². The van der Waals surface area contributed by atoms with Crippen LogP contribution in [0.15, 0.2) is 48.5 Å². The molecule has 0 amide bonds. The van der Waals surface area contributed by atoms with Crippen LogP contribution in [0.1, 0.15) is 36.8 Å². The first-order valence-electron chi connectivity index (χ1n) is 9.16. The first kappa shape index (κ1) is 16.9. The highest BCUT2D eigenvalue weighted by atomic mass is 35.5. The van der Waals surface area contributed by atoms with Crippen molar-refractivity contribution >= 4 is 17.3 Å². The first-order valence-corrected chi connectivity index (χ1v) is 9.54. The minimum absolute atomic E-state index is 0.242. The van der Waals surface area contributed by atoms with E-state index in [0.717, 1.165) is 24.2 Å². The number of aryl methyl sites for hydroxylation is 1. The Kier molecular flexibility index (Phi) is 4.48. The van der Waals surface area contributed by atoms with Crippen molar-refractivity contribution in [3.05, 3.63) is 64.7 Å². The van der Waals surface area contributed by atoms with E-state index < -0.39 is 5.72 Å².